The number of anilines is 2. The first-order valence-electron chi connectivity index (χ1n) is 9.07. The van der Waals surface area contributed by atoms with Crippen LogP contribution in [0, 0.1) is 6.92 Å². The zero-order valence-electron chi connectivity index (χ0n) is 14.6. The Morgan fingerprint density at radius 3 is 2.48 bits per heavy atom. The number of aliphatic hydroxyl groups is 1. The van der Waals surface area contributed by atoms with Gasteiger partial charge in [0.1, 0.15) is 0 Å². The van der Waals surface area contributed by atoms with E-state index >= 15 is 0 Å². The first-order valence-corrected chi connectivity index (χ1v) is 9.07. The molecule has 4 rings (SSSR count). The van der Waals surface area contributed by atoms with Gasteiger partial charge >= 0.3 is 0 Å². The molecule has 25 heavy (non-hydrogen) atoms. The van der Waals surface area contributed by atoms with Crippen LogP contribution in [0.4, 0.5) is 11.4 Å². The van der Waals surface area contributed by atoms with Crippen LogP contribution < -0.4 is 9.80 Å². The molecule has 2 aliphatic heterocycles. The number of amides is 1. The van der Waals surface area contributed by atoms with Gasteiger partial charge in [-0.3, -0.25) is 4.79 Å². The molecular weight excluding hydrogens is 312 g/mol. The molecule has 4 nitrogen and oxygen atoms in total. The summed E-state index contributed by atoms with van der Waals surface area (Å²) in [6.07, 6.45) is 2.38. The second-order valence-corrected chi connectivity index (χ2v) is 7.05. The number of nitrogens with zero attached hydrogens (tertiary/aromatic N) is 2. The predicted octanol–water partition coefficient (Wildman–Crippen LogP) is 3.16. The third kappa shape index (κ3) is 3.02. The van der Waals surface area contributed by atoms with Gasteiger partial charge in [-0.15, -0.1) is 0 Å². The van der Waals surface area contributed by atoms with E-state index in [1.54, 1.807) is 0 Å². The van der Waals surface area contributed by atoms with E-state index in [0.29, 0.717) is 0 Å². The van der Waals surface area contributed by atoms with Gasteiger partial charge in [0.15, 0.2) is 0 Å². The summed E-state index contributed by atoms with van der Waals surface area (Å²) in [5.41, 5.74) is 5.36. The molecule has 2 aromatic carbocycles. The summed E-state index contributed by atoms with van der Waals surface area (Å²) in [7, 11) is 0. The largest absolute Gasteiger partial charge is 0.393 e. The van der Waals surface area contributed by atoms with Crippen LogP contribution in [0.5, 0.6) is 0 Å². The Labute approximate surface area is 148 Å². The lowest BCUT2D eigenvalue weighted by atomic mass is 10.1. The molecule has 0 radical (unpaired) electrons. The Bertz CT molecular complexity index is 777. The average Bonchev–Trinajstić information content (AvgIpc) is 3.07. The van der Waals surface area contributed by atoms with Crippen LogP contribution >= 0.6 is 0 Å². The smallest absolute Gasteiger partial charge is 0.258 e. The molecule has 2 aromatic rings. The van der Waals surface area contributed by atoms with Crippen molar-refractivity contribution in [2.45, 2.75) is 32.3 Å². The average molecular weight is 336 g/mol. The van der Waals surface area contributed by atoms with Gasteiger partial charge in [0.25, 0.3) is 5.91 Å². The molecule has 130 valence electrons. The lowest BCUT2D eigenvalue weighted by Gasteiger charge is -2.31. The number of hydrogen-bond acceptors (Lipinski definition) is 3. The number of hydrogen-bond donors (Lipinski definition) is 1. The van der Waals surface area contributed by atoms with Crippen LogP contribution in [0.2, 0.25) is 0 Å². The van der Waals surface area contributed by atoms with Gasteiger partial charge in [0, 0.05) is 30.9 Å². The van der Waals surface area contributed by atoms with Crippen LogP contribution in [0.3, 0.4) is 0 Å². The molecule has 1 fully saturated rings. The van der Waals surface area contributed by atoms with Gasteiger partial charge in [-0.25, -0.2) is 0 Å². The lowest BCUT2D eigenvalue weighted by molar-refractivity contribution is 0.0989. The number of fused-ring (bicyclic) bond motifs is 1. The molecule has 0 bridgehead atoms. The van der Waals surface area contributed by atoms with Gasteiger partial charge in [-0.2, -0.15) is 0 Å². The first-order chi connectivity index (χ1) is 12.1. The molecule has 1 amide bonds. The van der Waals surface area contributed by atoms with Crippen LogP contribution in [-0.2, 0) is 6.42 Å². The summed E-state index contributed by atoms with van der Waals surface area (Å²) in [6, 6.07) is 14.2. The maximum absolute atomic E-state index is 13.0. The normalized spacial score (nSPS) is 17.7. The number of carbonyl (C=O) groups excluding carboxylic acids is 1. The number of aryl methyl sites for hydroxylation is 1. The third-order valence-electron chi connectivity index (χ3n) is 5.39. The van der Waals surface area contributed by atoms with Gasteiger partial charge in [0.2, 0.25) is 0 Å². The summed E-state index contributed by atoms with van der Waals surface area (Å²) >= 11 is 0. The highest BCUT2D eigenvalue weighted by atomic mass is 16.3. The maximum Gasteiger partial charge on any atom is 0.258 e. The Morgan fingerprint density at radius 1 is 1.04 bits per heavy atom. The van der Waals surface area contributed by atoms with Crippen LogP contribution in [0.15, 0.2) is 42.5 Å². The van der Waals surface area contributed by atoms with E-state index in [4.69, 9.17) is 0 Å². The highest BCUT2D eigenvalue weighted by Gasteiger charge is 2.27. The molecule has 0 unspecified atom stereocenters. The third-order valence-corrected chi connectivity index (χ3v) is 5.39. The minimum Gasteiger partial charge on any atom is -0.393 e. The van der Waals surface area contributed by atoms with E-state index in [1.165, 1.54) is 5.56 Å². The SMILES string of the molecule is Cc1cccc2c1N(C(=O)c1ccc(N3CCC(O)CC3)cc1)CC2. The fourth-order valence-corrected chi connectivity index (χ4v) is 3.95. The summed E-state index contributed by atoms with van der Waals surface area (Å²) in [5.74, 6) is 0.0775. The van der Waals surface area contributed by atoms with Gasteiger partial charge in [-0.1, -0.05) is 18.2 Å². The Balaban J connectivity index is 1.53. The standard InChI is InChI=1S/C21H24N2O2/c1-15-3-2-4-16-9-14-23(20(15)16)21(25)17-5-7-18(8-6-17)22-12-10-19(24)11-13-22/h2-8,19,24H,9-14H2,1H3. The summed E-state index contributed by atoms with van der Waals surface area (Å²) in [4.78, 5) is 17.2. The number of piperidine rings is 1. The zero-order chi connectivity index (χ0) is 17.4. The van der Waals surface area contributed by atoms with E-state index < -0.39 is 0 Å². The molecule has 2 heterocycles. The highest BCUT2D eigenvalue weighted by molar-refractivity contribution is 6.07. The van der Waals surface area contributed by atoms with Crippen molar-refractivity contribution in [2.24, 2.45) is 0 Å². The van der Waals surface area contributed by atoms with Gasteiger partial charge < -0.3 is 14.9 Å². The maximum atomic E-state index is 13.0. The number of rotatable bonds is 2. The van der Waals surface area contributed by atoms with Crippen molar-refractivity contribution >= 4 is 17.3 Å². The van der Waals surface area contributed by atoms with Crippen molar-refractivity contribution in [2.75, 3.05) is 29.4 Å². The van der Waals surface area contributed by atoms with Crippen LogP contribution in [-0.4, -0.2) is 36.8 Å². The van der Waals surface area contributed by atoms with Crippen LogP contribution in [0.25, 0.3) is 0 Å². The number of benzene rings is 2. The quantitative estimate of drug-likeness (QED) is 0.916. The van der Waals surface area contributed by atoms with E-state index in [-0.39, 0.29) is 12.0 Å². The molecule has 0 spiro atoms. The number of carbonyl (C=O) groups is 1. The van der Waals surface area contributed by atoms with Crippen molar-refractivity contribution in [1.29, 1.82) is 0 Å². The monoisotopic (exact) mass is 336 g/mol. The van der Waals surface area contributed by atoms with Crippen LogP contribution in [0.1, 0.15) is 34.3 Å². The summed E-state index contributed by atoms with van der Waals surface area (Å²) in [5, 5.41) is 9.64. The van der Waals surface area contributed by atoms with E-state index in [1.807, 2.05) is 29.2 Å². The Kier molecular flexibility index (Phi) is 4.22. The Hall–Kier alpha value is -2.33. The highest BCUT2D eigenvalue weighted by Crippen LogP contribution is 2.32. The molecule has 0 aromatic heterocycles. The fraction of sp³-hybridized carbons (Fsp3) is 0.381. The van der Waals surface area contributed by atoms with Crippen molar-refractivity contribution in [1.82, 2.24) is 0 Å². The van der Waals surface area contributed by atoms with Crippen molar-refractivity contribution in [3.63, 3.8) is 0 Å². The van der Waals surface area contributed by atoms with E-state index in [2.05, 4.69) is 30.0 Å². The summed E-state index contributed by atoms with van der Waals surface area (Å²) < 4.78 is 0. The molecule has 1 saturated heterocycles. The zero-order valence-corrected chi connectivity index (χ0v) is 14.6. The second kappa shape index (κ2) is 6.52. The van der Waals surface area contributed by atoms with Crippen molar-refractivity contribution in [3.8, 4) is 0 Å². The molecule has 0 atom stereocenters. The molecule has 4 heteroatoms. The van der Waals surface area contributed by atoms with E-state index in [0.717, 1.165) is 61.4 Å². The molecule has 1 N–H and O–H groups in total. The van der Waals surface area contributed by atoms with E-state index in [9.17, 15) is 9.90 Å². The lowest BCUT2D eigenvalue weighted by Crippen LogP contribution is -2.35. The fourth-order valence-electron chi connectivity index (χ4n) is 3.95. The minimum atomic E-state index is -0.171. The molecule has 0 aliphatic carbocycles. The topological polar surface area (TPSA) is 43.8 Å². The van der Waals surface area contributed by atoms with Crippen molar-refractivity contribution in [3.05, 3.63) is 59.2 Å². The molecule has 0 saturated carbocycles. The van der Waals surface area contributed by atoms with Gasteiger partial charge in [0.05, 0.1) is 11.8 Å². The first kappa shape index (κ1) is 16.2. The molecule has 2 aliphatic rings. The minimum absolute atomic E-state index is 0.0775. The number of para-hydroxylation sites is 1. The molecular formula is C21H24N2O2. The van der Waals surface area contributed by atoms with Crippen molar-refractivity contribution < 1.29 is 9.90 Å². The van der Waals surface area contributed by atoms with Gasteiger partial charge in [-0.05, 0) is 61.6 Å². The second-order valence-electron chi connectivity index (χ2n) is 7.05. The summed E-state index contributed by atoms with van der Waals surface area (Å²) in [6.45, 7) is 4.56. The Morgan fingerprint density at radius 2 is 1.76 bits per heavy atom. The number of aliphatic hydroxyl groups excluding tert-OH is 1. The predicted molar refractivity (Wildman–Crippen MR) is 100 cm³/mol.